The average molecular weight is 313 g/mol. The van der Waals surface area contributed by atoms with Gasteiger partial charge in [-0.2, -0.15) is 9.57 Å². The molecule has 0 aliphatic rings. The number of nitrogen functional groups attached to an aromatic ring is 1. The first-order valence-corrected chi connectivity index (χ1v) is 7.69. The molecule has 0 saturated carbocycles. The highest BCUT2D eigenvalue weighted by Crippen LogP contribution is 2.22. The Morgan fingerprint density at radius 2 is 1.81 bits per heavy atom. The second-order valence-electron chi connectivity index (χ2n) is 4.26. The number of hydrogen-bond donors (Lipinski definition) is 1. The smallest absolute Gasteiger partial charge is 0.244 e. The highest BCUT2D eigenvalue weighted by molar-refractivity contribution is 7.89. The molecule has 0 aromatic heterocycles. The van der Waals surface area contributed by atoms with Crippen LogP contribution < -0.4 is 5.73 Å². The molecule has 0 aliphatic heterocycles. The molecule has 1 rings (SSSR count). The first kappa shape index (κ1) is 17.4. The maximum absolute atomic E-state index is 12.7. The highest BCUT2D eigenvalue weighted by Gasteiger charge is 2.26. The number of sulfonamides is 1. The summed E-state index contributed by atoms with van der Waals surface area (Å²) in [6, 6.07) is 6.01. The van der Waals surface area contributed by atoms with E-state index in [4.69, 9.17) is 20.5 Å². The van der Waals surface area contributed by atoms with Crippen molar-refractivity contribution in [2.24, 2.45) is 0 Å². The Morgan fingerprint density at radius 1 is 1.24 bits per heavy atom. The van der Waals surface area contributed by atoms with Gasteiger partial charge in [0.25, 0.3) is 0 Å². The van der Waals surface area contributed by atoms with E-state index in [1.54, 1.807) is 0 Å². The van der Waals surface area contributed by atoms with Gasteiger partial charge in [-0.25, -0.2) is 8.42 Å². The molecule has 0 bridgehead atoms. The van der Waals surface area contributed by atoms with E-state index in [1.165, 1.54) is 36.7 Å². The number of ether oxygens (including phenoxy) is 2. The van der Waals surface area contributed by atoms with E-state index in [-0.39, 0.29) is 36.8 Å². The fourth-order valence-electron chi connectivity index (χ4n) is 1.74. The number of hydrogen-bond acceptors (Lipinski definition) is 6. The van der Waals surface area contributed by atoms with Gasteiger partial charge in [0.1, 0.15) is 11.0 Å². The summed E-state index contributed by atoms with van der Waals surface area (Å²) >= 11 is 0. The van der Waals surface area contributed by atoms with E-state index in [9.17, 15) is 8.42 Å². The van der Waals surface area contributed by atoms with Gasteiger partial charge in [-0.1, -0.05) is 0 Å². The van der Waals surface area contributed by atoms with E-state index in [1.807, 2.05) is 6.07 Å². The van der Waals surface area contributed by atoms with Crippen LogP contribution in [0.1, 0.15) is 5.56 Å². The summed E-state index contributed by atoms with van der Waals surface area (Å²) in [5, 5.41) is 9.10. The second kappa shape index (κ2) is 7.95. The summed E-state index contributed by atoms with van der Waals surface area (Å²) in [5.74, 6) is 0. The first-order chi connectivity index (χ1) is 9.97. The third kappa shape index (κ3) is 4.41. The van der Waals surface area contributed by atoms with Gasteiger partial charge in [0, 0.05) is 33.0 Å². The van der Waals surface area contributed by atoms with Crippen LogP contribution >= 0.6 is 0 Å². The number of methoxy groups -OCH3 is 2. The Labute approximate surface area is 124 Å². The van der Waals surface area contributed by atoms with Crippen molar-refractivity contribution in [1.29, 1.82) is 5.26 Å². The Balaban J connectivity index is 3.18. The van der Waals surface area contributed by atoms with Crippen molar-refractivity contribution in [3.8, 4) is 6.07 Å². The molecule has 0 amide bonds. The molecule has 1 aromatic carbocycles. The quantitative estimate of drug-likeness (QED) is 0.697. The molecular weight excluding hydrogens is 294 g/mol. The number of benzene rings is 1. The Hall–Kier alpha value is -1.66. The maximum atomic E-state index is 12.7. The monoisotopic (exact) mass is 313 g/mol. The molecule has 8 heteroatoms. The second-order valence-corrected chi connectivity index (χ2v) is 6.16. The largest absolute Gasteiger partial charge is 0.399 e. The molecule has 116 valence electrons. The number of nitrogens with zero attached hydrogens (tertiary/aromatic N) is 2. The van der Waals surface area contributed by atoms with Gasteiger partial charge in [-0.15, -0.1) is 0 Å². The van der Waals surface area contributed by atoms with Gasteiger partial charge in [-0.3, -0.25) is 0 Å². The Kier molecular flexibility index (Phi) is 6.58. The molecule has 0 spiro atoms. The summed E-state index contributed by atoms with van der Waals surface area (Å²) in [6.07, 6.45) is 0. The lowest BCUT2D eigenvalue weighted by Gasteiger charge is -2.22. The molecule has 0 aliphatic carbocycles. The van der Waals surface area contributed by atoms with Crippen molar-refractivity contribution in [2.45, 2.75) is 4.90 Å². The molecule has 0 fully saturated rings. The minimum Gasteiger partial charge on any atom is -0.399 e. The summed E-state index contributed by atoms with van der Waals surface area (Å²) in [4.78, 5) is -0.0635. The van der Waals surface area contributed by atoms with E-state index < -0.39 is 10.0 Å². The van der Waals surface area contributed by atoms with Gasteiger partial charge < -0.3 is 15.2 Å². The molecule has 0 heterocycles. The third-order valence-electron chi connectivity index (χ3n) is 2.83. The summed E-state index contributed by atoms with van der Waals surface area (Å²) in [6.45, 7) is 0.856. The van der Waals surface area contributed by atoms with Crippen molar-refractivity contribution in [3.63, 3.8) is 0 Å². The normalized spacial score (nSPS) is 11.5. The molecule has 1 aromatic rings. The minimum absolute atomic E-state index is 0.0230. The molecule has 2 N–H and O–H groups in total. The van der Waals surface area contributed by atoms with Gasteiger partial charge in [-0.05, 0) is 18.2 Å². The van der Waals surface area contributed by atoms with Crippen LogP contribution in [0.2, 0.25) is 0 Å². The van der Waals surface area contributed by atoms with Crippen LogP contribution in [-0.4, -0.2) is 53.2 Å². The number of nitrogens with two attached hydrogens (primary N) is 1. The summed E-state index contributed by atoms with van der Waals surface area (Å²) in [7, 11) is -0.828. The zero-order chi connectivity index (χ0) is 15.9. The van der Waals surface area contributed by atoms with E-state index in [0.29, 0.717) is 5.69 Å². The topological polar surface area (TPSA) is 106 Å². The number of nitriles is 1. The lowest BCUT2D eigenvalue weighted by molar-refractivity contribution is 0.150. The molecular formula is C13H19N3O4S. The lowest BCUT2D eigenvalue weighted by Crippen LogP contribution is -2.36. The Morgan fingerprint density at radius 3 is 2.29 bits per heavy atom. The van der Waals surface area contributed by atoms with Crippen molar-refractivity contribution in [2.75, 3.05) is 46.3 Å². The molecule has 7 nitrogen and oxygen atoms in total. The Bertz CT molecular complexity index is 602. The SMILES string of the molecule is COCCN(CCOC)S(=O)(=O)c1ccc(N)cc1C#N. The van der Waals surface area contributed by atoms with Crippen molar-refractivity contribution >= 4 is 15.7 Å². The predicted octanol–water partition coefficient (Wildman–Crippen LogP) is 0.424. The zero-order valence-corrected chi connectivity index (χ0v) is 12.9. The fraction of sp³-hybridized carbons (Fsp3) is 0.462. The minimum atomic E-state index is -3.81. The van der Waals surface area contributed by atoms with E-state index >= 15 is 0 Å². The fourth-order valence-corrected chi connectivity index (χ4v) is 3.27. The van der Waals surface area contributed by atoms with Gasteiger partial charge in [0.2, 0.25) is 10.0 Å². The van der Waals surface area contributed by atoms with Crippen molar-refractivity contribution in [3.05, 3.63) is 23.8 Å². The molecule has 21 heavy (non-hydrogen) atoms. The average Bonchev–Trinajstić information content (AvgIpc) is 2.46. The van der Waals surface area contributed by atoms with Crippen LogP contribution in [0.4, 0.5) is 5.69 Å². The number of rotatable bonds is 8. The first-order valence-electron chi connectivity index (χ1n) is 6.25. The van der Waals surface area contributed by atoms with Crippen LogP contribution in [0.3, 0.4) is 0 Å². The highest BCUT2D eigenvalue weighted by atomic mass is 32.2. The lowest BCUT2D eigenvalue weighted by atomic mass is 10.2. The van der Waals surface area contributed by atoms with Gasteiger partial charge in [0.05, 0.1) is 18.8 Å². The van der Waals surface area contributed by atoms with Gasteiger partial charge in [0.15, 0.2) is 0 Å². The predicted molar refractivity (Wildman–Crippen MR) is 78.1 cm³/mol. The van der Waals surface area contributed by atoms with Crippen LogP contribution in [-0.2, 0) is 19.5 Å². The standard InChI is InChI=1S/C13H19N3O4S/c1-19-7-5-16(6-8-20-2)21(17,18)13-4-3-12(15)9-11(13)10-14/h3-4,9H,5-8,15H2,1-2H3. The van der Waals surface area contributed by atoms with Crippen molar-refractivity contribution < 1.29 is 17.9 Å². The third-order valence-corrected chi connectivity index (χ3v) is 4.79. The summed E-state index contributed by atoms with van der Waals surface area (Å²) < 4.78 is 36.4. The maximum Gasteiger partial charge on any atom is 0.244 e. The van der Waals surface area contributed by atoms with Crippen LogP contribution in [0.25, 0.3) is 0 Å². The summed E-state index contributed by atoms with van der Waals surface area (Å²) in [5.41, 5.74) is 5.95. The molecule has 0 saturated heterocycles. The van der Waals surface area contributed by atoms with E-state index in [2.05, 4.69) is 0 Å². The van der Waals surface area contributed by atoms with Crippen LogP contribution in [0.15, 0.2) is 23.1 Å². The molecule has 0 radical (unpaired) electrons. The molecule has 0 unspecified atom stereocenters. The van der Waals surface area contributed by atoms with Crippen LogP contribution in [0, 0.1) is 11.3 Å². The molecule has 0 atom stereocenters. The zero-order valence-electron chi connectivity index (χ0n) is 12.1. The number of anilines is 1. The van der Waals surface area contributed by atoms with Crippen LogP contribution in [0.5, 0.6) is 0 Å². The van der Waals surface area contributed by atoms with Crippen molar-refractivity contribution in [1.82, 2.24) is 4.31 Å². The van der Waals surface area contributed by atoms with Gasteiger partial charge >= 0.3 is 0 Å². The van der Waals surface area contributed by atoms with E-state index in [0.717, 1.165) is 0 Å².